The number of hydrogen-bond donors (Lipinski definition) is 2. The van der Waals surface area contributed by atoms with Crippen molar-refractivity contribution >= 4 is 23.2 Å². The second kappa shape index (κ2) is 8.01. The van der Waals surface area contributed by atoms with Gasteiger partial charge in [0.1, 0.15) is 23.1 Å². The number of urea groups is 1. The van der Waals surface area contributed by atoms with Crippen LogP contribution in [0, 0.1) is 17.6 Å². The van der Waals surface area contributed by atoms with Crippen molar-refractivity contribution in [3.8, 4) is 0 Å². The Morgan fingerprint density at radius 2 is 2.06 bits per heavy atom. The predicted octanol–water partition coefficient (Wildman–Crippen LogP) is 3.19. The van der Waals surface area contributed by atoms with Crippen LogP contribution < -0.4 is 10.2 Å². The smallest absolute Gasteiger partial charge is 0.322 e. The van der Waals surface area contributed by atoms with E-state index in [2.05, 4.69) is 10.4 Å². The maximum Gasteiger partial charge on any atom is 0.322 e. The topological polar surface area (TPSA) is 86.0 Å². The van der Waals surface area contributed by atoms with Gasteiger partial charge in [0.25, 0.3) is 0 Å². The van der Waals surface area contributed by atoms with Crippen LogP contribution in [0.15, 0.2) is 36.7 Å². The molecule has 0 bridgehead atoms. The molecule has 168 valence electrons. The van der Waals surface area contributed by atoms with Gasteiger partial charge in [0.15, 0.2) is 5.65 Å². The third-order valence-electron chi connectivity index (χ3n) is 6.32. The normalized spacial score (nSPS) is 23.3. The molecule has 32 heavy (non-hydrogen) atoms. The molecule has 2 aliphatic rings. The number of anilines is 2. The van der Waals surface area contributed by atoms with E-state index in [0.717, 1.165) is 18.6 Å². The minimum atomic E-state index is -0.508. The van der Waals surface area contributed by atoms with Crippen LogP contribution in [-0.4, -0.2) is 56.4 Å². The summed E-state index contributed by atoms with van der Waals surface area (Å²) in [6, 6.07) is 4.64. The third-order valence-corrected chi connectivity index (χ3v) is 6.32. The molecule has 1 aromatic carbocycles. The Hall–Kier alpha value is -3.27. The number of benzene rings is 1. The molecular weight excluding hydrogens is 418 g/mol. The lowest BCUT2D eigenvalue weighted by molar-refractivity contribution is 0.176. The molecule has 2 aromatic heterocycles. The molecule has 2 N–H and O–H groups in total. The number of aliphatic hydroxyl groups is 1. The van der Waals surface area contributed by atoms with Crippen molar-refractivity contribution in [2.45, 2.75) is 31.9 Å². The van der Waals surface area contributed by atoms with Gasteiger partial charge in [-0.25, -0.2) is 23.1 Å². The first-order valence-electron chi connectivity index (χ1n) is 10.7. The molecule has 3 aromatic rings. The molecule has 2 saturated heterocycles. The fraction of sp³-hybridized carbons (Fsp3) is 0.409. The number of fused-ring (bicyclic) bond motifs is 1. The number of halogens is 2. The first kappa shape index (κ1) is 20.6. The molecule has 2 amide bonds. The fourth-order valence-corrected chi connectivity index (χ4v) is 4.65. The number of aliphatic hydroxyl groups excluding tert-OH is 1. The second-order valence-electron chi connectivity index (χ2n) is 8.50. The molecule has 3 atom stereocenters. The lowest BCUT2D eigenvalue weighted by atomic mass is 9.95. The number of likely N-dealkylation sites (tertiary alicyclic amines) is 1. The van der Waals surface area contributed by atoms with Gasteiger partial charge in [0, 0.05) is 31.4 Å². The van der Waals surface area contributed by atoms with Gasteiger partial charge in [-0.2, -0.15) is 5.10 Å². The highest BCUT2D eigenvalue weighted by Gasteiger charge is 2.35. The van der Waals surface area contributed by atoms with Gasteiger partial charge in [0.05, 0.1) is 18.3 Å². The molecule has 5 rings (SSSR count). The highest BCUT2D eigenvalue weighted by atomic mass is 19.1. The number of rotatable bonds is 3. The maximum absolute atomic E-state index is 14.6. The van der Waals surface area contributed by atoms with Crippen LogP contribution in [0.3, 0.4) is 0 Å². The van der Waals surface area contributed by atoms with E-state index in [4.69, 9.17) is 4.98 Å². The van der Waals surface area contributed by atoms with E-state index in [1.165, 1.54) is 12.3 Å². The summed E-state index contributed by atoms with van der Waals surface area (Å²) in [7, 11) is 0. The van der Waals surface area contributed by atoms with Crippen LogP contribution in [0.5, 0.6) is 0 Å². The van der Waals surface area contributed by atoms with Gasteiger partial charge in [-0.1, -0.05) is 6.92 Å². The molecule has 0 spiro atoms. The van der Waals surface area contributed by atoms with E-state index in [0.29, 0.717) is 42.2 Å². The monoisotopic (exact) mass is 442 g/mol. The van der Waals surface area contributed by atoms with Gasteiger partial charge in [-0.3, -0.25) is 0 Å². The van der Waals surface area contributed by atoms with Crippen molar-refractivity contribution in [3.63, 3.8) is 0 Å². The van der Waals surface area contributed by atoms with E-state index in [9.17, 15) is 18.7 Å². The lowest BCUT2D eigenvalue weighted by Gasteiger charge is -2.28. The first-order valence-corrected chi connectivity index (χ1v) is 10.7. The predicted molar refractivity (Wildman–Crippen MR) is 114 cm³/mol. The van der Waals surface area contributed by atoms with Crippen molar-refractivity contribution < 1.29 is 18.7 Å². The largest absolute Gasteiger partial charge is 0.391 e. The highest BCUT2D eigenvalue weighted by molar-refractivity contribution is 5.93. The third kappa shape index (κ3) is 3.64. The number of aromatic nitrogens is 3. The molecule has 2 fully saturated rings. The van der Waals surface area contributed by atoms with Gasteiger partial charge in [-0.15, -0.1) is 0 Å². The fourth-order valence-electron chi connectivity index (χ4n) is 4.65. The van der Waals surface area contributed by atoms with Crippen LogP contribution in [0.25, 0.3) is 5.65 Å². The zero-order chi connectivity index (χ0) is 22.4. The summed E-state index contributed by atoms with van der Waals surface area (Å²) < 4.78 is 30.0. The average molecular weight is 442 g/mol. The number of β-amino-alcohol motifs (C(OH)–C–C–N with tert-alkyl or cyclic N) is 1. The van der Waals surface area contributed by atoms with Crippen LogP contribution >= 0.6 is 0 Å². The van der Waals surface area contributed by atoms with Gasteiger partial charge >= 0.3 is 6.03 Å². The molecular formula is C22H24F2N6O2. The Labute approximate surface area is 183 Å². The van der Waals surface area contributed by atoms with Crippen molar-refractivity contribution in [2.75, 3.05) is 29.9 Å². The zero-order valence-corrected chi connectivity index (χ0v) is 17.6. The SMILES string of the molecule is C[C@@H]1CCN(c2ccn3ncc(NC(=O)N4CC[C@H](O)C4)c3n2)[C@H]1c1cc(F)ccc1F. The van der Waals surface area contributed by atoms with Crippen LogP contribution in [0.2, 0.25) is 0 Å². The number of hydrogen-bond acceptors (Lipinski definition) is 5. The standard InChI is InChI=1S/C22H24F2N6O2/c1-13-4-8-29(20(13)16-10-14(23)2-3-17(16)24)19-6-9-30-21(27-19)18(11-25-30)26-22(32)28-7-5-15(31)12-28/h2-3,6,9-11,13,15,20,31H,4-5,7-8,12H2,1H3,(H,26,32)/t13-,15+,20-/m1/s1. The number of nitrogens with one attached hydrogen (secondary N) is 1. The Morgan fingerprint density at radius 3 is 2.84 bits per heavy atom. The number of nitrogens with zero attached hydrogens (tertiary/aromatic N) is 5. The summed E-state index contributed by atoms with van der Waals surface area (Å²) in [6.45, 7) is 3.43. The highest BCUT2D eigenvalue weighted by Crippen LogP contribution is 2.41. The minimum Gasteiger partial charge on any atom is -0.391 e. The Bertz CT molecular complexity index is 1170. The van der Waals surface area contributed by atoms with Gasteiger partial charge in [-0.05, 0) is 43.0 Å². The van der Waals surface area contributed by atoms with Crippen LogP contribution in [-0.2, 0) is 0 Å². The Balaban J connectivity index is 1.46. The van der Waals surface area contributed by atoms with E-state index in [-0.39, 0.29) is 24.5 Å². The van der Waals surface area contributed by atoms with E-state index < -0.39 is 17.7 Å². The van der Waals surface area contributed by atoms with E-state index in [1.54, 1.807) is 21.7 Å². The summed E-state index contributed by atoms with van der Waals surface area (Å²) in [6.07, 6.45) is 4.11. The molecule has 4 heterocycles. The number of carbonyl (C=O) groups is 1. The zero-order valence-electron chi connectivity index (χ0n) is 17.6. The van der Waals surface area contributed by atoms with Gasteiger partial charge in [0.2, 0.25) is 0 Å². The first-order chi connectivity index (χ1) is 15.4. The van der Waals surface area contributed by atoms with Gasteiger partial charge < -0.3 is 20.2 Å². The maximum atomic E-state index is 14.6. The molecule has 0 saturated carbocycles. The lowest BCUT2D eigenvalue weighted by Crippen LogP contribution is -2.33. The van der Waals surface area contributed by atoms with Crippen molar-refractivity contribution in [3.05, 3.63) is 53.9 Å². The average Bonchev–Trinajstić information content (AvgIpc) is 3.48. The molecule has 0 radical (unpaired) electrons. The summed E-state index contributed by atoms with van der Waals surface area (Å²) in [5, 5.41) is 16.7. The van der Waals surface area contributed by atoms with Crippen molar-refractivity contribution in [1.29, 1.82) is 0 Å². The number of amides is 2. The second-order valence-corrected chi connectivity index (χ2v) is 8.50. The number of carbonyl (C=O) groups excluding carboxylic acids is 1. The molecule has 8 nitrogen and oxygen atoms in total. The minimum absolute atomic E-state index is 0.106. The van der Waals surface area contributed by atoms with Crippen LogP contribution in [0.4, 0.5) is 25.1 Å². The molecule has 0 aliphatic carbocycles. The van der Waals surface area contributed by atoms with E-state index in [1.807, 2.05) is 11.8 Å². The van der Waals surface area contributed by atoms with Crippen LogP contribution in [0.1, 0.15) is 31.4 Å². The molecule has 2 aliphatic heterocycles. The summed E-state index contributed by atoms with van der Waals surface area (Å²) >= 11 is 0. The Morgan fingerprint density at radius 1 is 1.22 bits per heavy atom. The summed E-state index contributed by atoms with van der Waals surface area (Å²) in [5.74, 6) is -0.212. The quantitative estimate of drug-likeness (QED) is 0.651. The Kier molecular flexibility index (Phi) is 5.16. The van der Waals surface area contributed by atoms with Crippen molar-refractivity contribution in [2.24, 2.45) is 5.92 Å². The molecule has 10 heteroatoms. The van der Waals surface area contributed by atoms with E-state index >= 15 is 0 Å². The van der Waals surface area contributed by atoms with Crippen molar-refractivity contribution in [1.82, 2.24) is 19.5 Å². The molecule has 0 unspecified atom stereocenters. The summed E-state index contributed by atoms with van der Waals surface area (Å²) in [5.41, 5.74) is 1.21. The summed E-state index contributed by atoms with van der Waals surface area (Å²) in [4.78, 5) is 20.8.